The second-order valence-corrected chi connectivity index (χ2v) is 7.14. The van der Waals surface area contributed by atoms with Gasteiger partial charge in [-0.15, -0.1) is 0 Å². The number of aryl methyl sites for hydroxylation is 1. The molecule has 2 aromatic rings. The van der Waals surface area contributed by atoms with Crippen molar-refractivity contribution in [2.75, 3.05) is 26.2 Å². The molecule has 0 bridgehead atoms. The zero-order chi connectivity index (χ0) is 17.1. The third-order valence-electron chi connectivity index (χ3n) is 5.19. The van der Waals surface area contributed by atoms with E-state index in [9.17, 15) is 0 Å². The Hall–Kier alpha value is -1.82. The first-order chi connectivity index (χ1) is 12.3. The number of fused-ring (bicyclic) bond motifs is 1. The summed E-state index contributed by atoms with van der Waals surface area (Å²) in [5, 5.41) is 0. The minimum Gasteiger partial charge on any atom is -0.371 e. The summed E-state index contributed by atoms with van der Waals surface area (Å²) in [6, 6.07) is 12.9. The van der Waals surface area contributed by atoms with E-state index in [0.717, 1.165) is 56.2 Å². The molecule has 2 aliphatic rings. The minimum atomic E-state index is 0.321. The second kappa shape index (κ2) is 7.60. The fraction of sp³-hybridized carbons (Fsp3) is 0.500. The Morgan fingerprint density at radius 2 is 2.00 bits per heavy atom. The Morgan fingerprint density at radius 3 is 2.84 bits per heavy atom. The van der Waals surface area contributed by atoms with E-state index in [1.165, 1.54) is 0 Å². The van der Waals surface area contributed by atoms with Gasteiger partial charge in [0, 0.05) is 50.7 Å². The Morgan fingerprint density at radius 1 is 1.08 bits per heavy atom. The van der Waals surface area contributed by atoms with Crippen molar-refractivity contribution in [3.8, 4) is 0 Å². The second-order valence-electron chi connectivity index (χ2n) is 7.14. The van der Waals surface area contributed by atoms with Gasteiger partial charge in [0.1, 0.15) is 0 Å². The summed E-state index contributed by atoms with van der Waals surface area (Å²) in [4.78, 5) is 14.1. The summed E-state index contributed by atoms with van der Waals surface area (Å²) in [7, 11) is 0. The zero-order valence-electron chi connectivity index (χ0n) is 14.8. The number of rotatable bonds is 5. The van der Waals surface area contributed by atoms with Crippen molar-refractivity contribution in [1.82, 2.24) is 19.8 Å². The molecule has 4 heterocycles. The summed E-state index contributed by atoms with van der Waals surface area (Å²) in [6.45, 7) is 7.98. The van der Waals surface area contributed by atoms with Crippen molar-refractivity contribution in [3.05, 3.63) is 59.7 Å². The molecule has 0 radical (unpaired) electrons. The van der Waals surface area contributed by atoms with Crippen LogP contribution in [0.15, 0.2) is 42.6 Å². The van der Waals surface area contributed by atoms with E-state index in [-0.39, 0.29) is 0 Å². The molecule has 2 saturated heterocycles. The molecule has 5 nitrogen and oxygen atoms in total. The standard InChI is InChI=1S/C20H26N4O/c1-16-5-4-7-18(22-16)15-25-20-11-19-13-23(9-10-24(19)14-20)12-17-6-2-3-8-21-17/h2-8,19-20H,9-15H2,1H3/t19-,20-/m0/s1. The number of hydrogen-bond acceptors (Lipinski definition) is 5. The average molecular weight is 338 g/mol. The van der Waals surface area contributed by atoms with Gasteiger partial charge in [0.25, 0.3) is 0 Å². The number of pyridine rings is 2. The van der Waals surface area contributed by atoms with Crippen LogP contribution in [0.4, 0.5) is 0 Å². The lowest BCUT2D eigenvalue weighted by atomic mass is 10.1. The average Bonchev–Trinajstić information content (AvgIpc) is 3.03. The molecular weight excluding hydrogens is 312 g/mol. The molecule has 0 aliphatic carbocycles. The Balaban J connectivity index is 1.28. The van der Waals surface area contributed by atoms with Crippen LogP contribution in [0.25, 0.3) is 0 Å². The van der Waals surface area contributed by atoms with E-state index < -0.39 is 0 Å². The highest BCUT2D eigenvalue weighted by atomic mass is 16.5. The summed E-state index contributed by atoms with van der Waals surface area (Å²) >= 11 is 0. The molecule has 0 amide bonds. The molecule has 132 valence electrons. The van der Waals surface area contributed by atoms with Gasteiger partial charge in [-0.25, -0.2) is 0 Å². The molecule has 0 unspecified atom stereocenters. The highest BCUT2D eigenvalue weighted by Crippen LogP contribution is 2.25. The minimum absolute atomic E-state index is 0.321. The van der Waals surface area contributed by atoms with Gasteiger partial charge in [0.15, 0.2) is 0 Å². The number of piperazine rings is 1. The smallest absolute Gasteiger partial charge is 0.0892 e. The van der Waals surface area contributed by atoms with Crippen LogP contribution >= 0.6 is 0 Å². The number of aromatic nitrogens is 2. The van der Waals surface area contributed by atoms with Gasteiger partial charge in [-0.05, 0) is 37.6 Å². The van der Waals surface area contributed by atoms with Crippen LogP contribution in [-0.4, -0.2) is 58.1 Å². The van der Waals surface area contributed by atoms with Gasteiger partial charge in [0.2, 0.25) is 0 Å². The van der Waals surface area contributed by atoms with E-state index >= 15 is 0 Å². The molecule has 25 heavy (non-hydrogen) atoms. The van der Waals surface area contributed by atoms with Gasteiger partial charge >= 0.3 is 0 Å². The Kier molecular flexibility index (Phi) is 5.06. The molecule has 0 spiro atoms. The first kappa shape index (κ1) is 16.6. The lowest BCUT2D eigenvalue weighted by Gasteiger charge is -2.37. The van der Waals surface area contributed by atoms with Crippen molar-refractivity contribution in [3.63, 3.8) is 0 Å². The SMILES string of the molecule is Cc1cccc(CO[C@H]2C[C@H]3CN(Cc4ccccn4)CCN3C2)n1. The molecule has 2 fully saturated rings. The predicted octanol–water partition coefficient (Wildman–Crippen LogP) is 2.26. The van der Waals surface area contributed by atoms with Crippen molar-refractivity contribution in [2.45, 2.75) is 38.6 Å². The van der Waals surface area contributed by atoms with Crippen LogP contribution in [0, 0.1) is 6.92 Å². The van der Waals surface area contributed by atoms with Crippen LogP contribution in [0.2, 0.25) is 0 Å². The first-order valence-corrected chi connectivity index (χ1v) is 9.17. The maximum Gasteiger partial charge on any atom is 0.0892 e. The zero-order valence-corrected chi connectivity index (χ0v) is 14.8. The Labute approximate surface area is 149 Å². The third-order valence-corrected chi connectivity index (χ3v) is 5.19. The molecule has 0 N–H and O–H groups in total. The molecule has 4 rings (SSSR count). The largest absolute Gasteiger partial charge is 0.371 e. The van der Waals surface area contributed by atoms with Gasteiger partial charge < -0.3 is 4.74 Å². The third kappa shape index (κ3) is 4.24. The van der Waals surface area contributed by atoms with E-state index in [1.54, 1.807) is 0 Å². The monoisotopic (exact) mass is 338 g/mol. The molecule has 5 heteroatoms. The first-order valence-electron chi connectivity index (χ1n) is 9.17. The van der Waals surface area contributed by atoms with Crippen molar-refractivity contribution in [1.29, 1.82) is 0 Å². The van der Waals surface area contributed by atoms with Crippen LogP contribution in [0.5, 0.6) is 0 Å². The predicted molar refractivity (Wildman–Crippen MR) is 97.0 cm³/mol. The van der Waals surface area contributed by atoms with E-state index in [4.69, 9.17) is 4.74 Å². The fourth-order valence-electron chi connectivity index (χ4n) is 3.93. The highest BCUT2D eigenvalue weighted by molar-refractivity contribution is 5.09. The summed E-state index contributed by atoms with van der Waals surface area (Å²) in [6.07, 6.45) is 3.32. The van der Waals surface area contributed by atoms with Gasteiger partial charge in [-0.3, -0.25) is 19.8 Å². The van der Waals surface area contributed by atoms with Crippen LogP contribution < -0.4 is 0 Å². The van der Waals surface area contributed by atoms with E-state index in [0.29, 0.717) is 18.8 Å². The normalized spacial score (nSPS) is 24.4. The molecule has 2 aromatic heterocycles. The number of nitrogens with zero attached hydrogens (tertiary/aromatic N) is 4. The summed E-state index contributed by atoms with van der Waals surface area (Å²) in [5.41, 5.74) is 3.24. The molecule has 2 atom stereocenters. The van der Waals surface area contributed by atoms with Gasteiger partial charge in [-0.1, -0.05) is 12.1 Å². The maximum atomic E-state index is 6.15. The van der Waals surface area contributed by atoms with Crippen LogP contribution in [0.3, 0.4) is 0 Å². The van der Waals surface area contributed by atoms with E-state index in [2.05, 4.69) is 38.0 Å². The fourth-order valence-corrected chi connectivity index (χ4v) is 3.93. The number of hydrogen-bond donors (Lipinski definition) is 0. The lowest BCUT2D eigenvalue weighted by Crippen LogP contribution is -2.49. The Bertz CT molecular complexity index is 693. The summed E-state index contributed by atoms with van der Waals surface area (Å²) < 4.78 is 6.15. The highest BCUT2D eigenvalue weighted by Gasteiger charge is 2.36. The quantitative estimate of drug-likeness (QED) is 0.836. The molecule has 2 aliphatic heterocycles. The molecule has 0 aromatic carbocycles. The van der Waals surface area contributed by atoms with Crippen molar-refractivity contribution >= 4 is 0 Å². The van der Waals surface area contributed by atoms with E-state index in [1.807, 2.05) is 31.3 Å². The lowest BCUT2D eigenvalue weighted by molar-refractivity contribution is 0.0439. The van der Waals surface area contributed by atoms with Crippen LogP contribution in [0.1, 0.15) is 23.5 Å². The maximum absolute atomic E-state index is 6.15. The van der Waals surface area contributed by atoms with Crippen LogP contribution in [-0.2, 0) is 17.9 Å². The van der Waals surface area contributed by atoms with Crippen molar-refractivity contribution < 1.29 is 4.74 Å². The van der Waals surface area contributed by atoms with Gasteiger partial charge in [-0.2, -0.15) is 0 Å². The van der Waals surface area contributed by atoms with Gasteiger partial charge in [0.05, 0.1) is 24.1 Å². The molecular formula is C20H26N4O. The summed E-state index contributed by atoms with van der Waals surface area (Å²) in [5.74, 6) is 0. The molecule has 0 saturated carbocycles. The number of ether oxygens (including phenoxy) is 1. The van der Waals surface area contributed by atoms with Crippen molar-refractivity contribution in [2.24, 2.45) is 0 Å². The topological polar surface area (TPSA) is 41.5 Å².